The van der Waals surface area contributed by atoms with Crippen molar-refractivity contribution < 1.29 is 33.0 Å². The van der Waals surface area contributed by atoms with Crippen molar-refractivity contribution in [2.75, 3.05) is 33.4 Å². The summed E-state index contributed by atoms with van der Waals surface area (Å²) in [5.74, 6) is -1.63. The Labute approximate surface area is 241 Å². The maximum absolute atomic E-state index is 14.4. The highest BCUT2D eigenvalue weighted by molar-refractivity contribution is 7.22. The number of benzene rings is 3. The number of carbonyl (C=O) groups is 3. The number of thiophene rings is 1. The first kappa shape index (κ1) is 28.4. The normalized spacial score (nSPS) is 13.6. The van der Waals surface area contributed by atoms with Crippen LogP contribution >= 0.6 is 11.3 Å². The second-order valence-electron chi connectivity index (χ2n) is 9.85. The minimum atomic E-state index is -0.693. The number of fused-ring (bicyclic) bond motifs is 1. The lowest BCUT2D eigenvalue weighted by Crippen LogP contribution is -2.33. The highest BCUT2D eigenvalue weighted by atomic mass is 32.1. The Bertz CT molecular complexity index is 1590. The molecule has 0 radical (unpaired) electrons. The van der Waals surface area contributed by atoms with Crippen LogP contribution in [0, 0.1) is 5.82 Å². The fourth-order valence-electron chi connectivity index (χ4n) is 4.97. The first-order chi connectivity index (χ1) is 19.8. The molecule has 1 saturated heterocycles. The SMILES string of the molecule is COC(=O)c1ccc2c(C(=O)c3ccc(OCCN4CCCCC4)cc3)c(-c3ccc(F)c(OC(C)=O)c3)sc2c1. The van der Waals surface area contributed by atoms with Crippen LogP contribution in [0.3, 0.4) is 0 Å². The summed E-state index contributed by atoms with van der Waals surface area (Å²) in [7, 11) is 1.30. The number of methoxy groups -OCH3 is 1. The first-order valence-electron chi connectivity index (χ1n) is 13.5. The van der Waals surface area contributed by atoms with E-state index in [0.29, 0.717) is 49.6 Å². The summed E-state index contributed by atoms with van der Waals surface area (Å²) in [5, 5.41) is 0.642. The molecule has 0 N–H and O–H groups in total. The summed E-state index contributed by atoms with van der Waals surface area (Å²) < 4.78 is 30.9. The van der Waals surface area contributed by atoms with Crippen molar-refractivity contribution >= 4 is 39.1 Å². The van der Waals surface area contributed by atoms with E-state index in [-0.39, 0.29) is 11.5 Å². The van der Waals surface area contributed by atoms with E-state index in [1.54, 1.807) is 42.5 Å². The standard InChI is InChI=1S/C32H30FNO6S/c1-20(35)40-27-18-22(9-13-26(27)33)31-29(25-12-8-23(32(37)38-2)19-28(25)41-31)30(36)21-6-10-24(11-7-21)39-17-16-34-14-4-3-5-15-34/h6-13,18-19H,3-5,14-17H2,1-2H3. The van der Waals surface area contributed by atoms with Gasteiger partial charge >= 0.3 is 11.9 Å². The fraction of sp³-hybridized carbons (Fsp3) is 0.281. The van der Waals surface area contributed by atoms with Gasteiger partial charge in [-0.25, -0.2) is 9.18 Å². The van der Waals surface area contributed by atoms with Crippen LogP contribution < -0.4 is 9.47 Å². The molecule has 3 aromatic carbocycles. The lowest BCUT2D eigenvalue weighted by molar-refractivity contribution is -0.132. The maximum atomic E-state index is 14.4. The molecule has 0 unspecified atom stereocenters. The summed E-state index contributed by atoms with van der Waals surface area (Å²) in [4.78, 5) is 40.6. The largest absolute Gasteiger partial charge is 0.492 e. The van der Waals surface area contributed by atoms with Gasteiger partial charge in [-0.3, -0.25) is 14.5 Å². The van der Waals surface area contributed by atoms with E-state index in [1.807, 2.05) is 0 Å². The van der Waals surface area contributed by atoms with Gasteiger partial charge in [-0.15, -0.1) is 11.3 Å². The number of likely N-dealkylation sites (tertiary alicyclic amines) is 1. The number of hydrogen-bond donors (Lipinski definition) is 0. The first-order valence-corrected chi connectivity index (χ1v) is 14.3. The van der Waals surface area contributed by atoms with E-state index in [2.05, 4.69) is 4.90 Å². The molecule has 1 fully saturated rings. The zero-order valence-electron chi connectivity index (χ0n) is 22.9. The number of rotatable bonds is 9. The third-order valence-electron chi connectivity index (χ3n) is 7.03. The van der Waals surface area contributed by atoms with Gasteiger partial charge in [-0.2, -0.15) is 0 Å². The van der Waals surface area contributed by atoms with Crippen molar-refractivity contribution in [3.8, 4) is 21.9 Å². The second-order valence-corrected chi connectivity index (χ2v) is 10.9. The van der Waals surface area contributed by atoms with Gasteiger partial charge < -0.3 is 14.2 Å². The molecule has 1 aromatic heterocycles. The van der Waals surface area contributed by atoms with Crippen molar-refractivity contribution in [3.63, 3.8) is 0 Å². The molecule has 2 heterocycles. The summed E-state index contributed by atoms with van der Waals surface area (Å²) in [5.41, 5.74) is 1.70. The van der Waals surface area contributed by atoms with Gasteiger partial charge in [0, 0.05) is 39.6 Å². The van der Waals surface area contributed by atoms with E-state index >= 15 is 0 Å². The van der Waals surface area contributed by atoms with Crippen LogP contribution in [0.2, 0.25) is 0 Å². The Kier molecular flexibility index (Phi) is 8.75. The molecule has 212 valence electrons. The predicted octanol–water partition coefficient (Wildman–Crippen LogP) is 6.52. The fourth-order valence-corrected chi connectivity index (χ4v) is 6.21. The van der Waals surface area contributed by atoms with E-state index in [4.69, 9.17) is 14.2 Å². The van der Waals surface area contributed by atoms with Gasteiger partial charge in [0.25, 0.3) is 0 Å². The van der Waals surface area contributed by atoms with Gasteiger partial charge in [0.15, 0.2) is 17.3 Å². The number of halogens is 1. The third-order valence-corrected chi connectivity index (χ3v) is 8.23. The molecule has 1 aliphatic rings. The molecular weight excluding hydrogens is 545 g/mol. The number of carbonyl (C=O) groups excluding carboxylic acids is 3. The third kappa shape index (κ3) is 6.47. The maximum Gasteiger partial charge on any atom is 0.337 e. The van der Waals surface area contributed by atoms with Crippen LogP contribution in [0.4, 0.5) is 4.39 Å². The molecule has 0 amide bonds. The summed E-state index contributed by atoms with van der Waals surface area (Å²) in [6.07, 6.45) is 3.74. The molecule has 0 aliphatic carbocycles. The molecule has 5 rings (SSSR count). The smallest absolute Gasteiger partial charge is 0.337 e. The quantitative estimate of drug-likeness (QED) is 0.128. The lowest BCUT2D eigenvalue weighted by Gasteiger charge is -2.26. The molecule has 9 heteroatoms. The molecule has 0 saturated carbocycles. The minimum absolute atomic E-state index is 0.229. The Morgan fingerprint density at radius 2 is 1.66 bits per heavy atom. The molecule has 1 aliphatic heterocycles. The second kappa shape index (κ2) is 12.6. The predicted molar refractivity (Wildman–Crippen MR) is 156 cm³/mol. The summed E-state index contributed by atoms with van der Waals surface area (Å²) >= 11 is 1.28. The van der Waals surface area contributed by atoms with Crippen LogP contribution in [-0.2, 0) is 9.53 Å². The van der Waals surface area contributed by atoms with Gasteiger partial charge in [0.2, 0.25) is 0 Å². The molecule has 0 bridgehead atoms. The number of ketones is 1. The Morgan fingerprint density at radius 1 is 0.927 bits per heavy atom. The zero-order chi connectivity index (χ0) is 28.9. The van der Waals surface area contributed by atoms with E-state index in [0.717, 1.165) is 19.6 Å². The monoisotopic (exact) mass is 575 g/mol. The van der Waals surface area contributed by atoms with Crippen molar-refractivity contribution in [2.45, 2.75) is 26.2 Å². The van der Waals surface area contributed by atoms with E-state index in [1.165, 1.54) is 62.8 Å². The molecule has 4 aromatic rings. The lowest BCUT2D eigenvalue weighted by atomic mass is 9.97. The van der Waals surface area contributed by atoms with Crippen LogP contribution in [-0.4, -0.2) is 56.0 Å². The van der Waals surface area contributed by atoms with Crippen molar-refractivity contribution in [3.05, 3.63) is 83.2 Å². The summed E-state index contributed by atoms with van der Waals surface area (Å²) in [6.45, 7) is 4.84. The zero-order valence-corrected chi connectivity index (χ0v) is 23.7. The Balaban J connectivity index is 1.47. The van der Waals surface area contributed by atoms with Crippen LogP contribution in [0.5, 0.6) is 11.5 Å². The Morgan fingerprint density at radius 3 is 2.37 bits per heavy atom. The molecule has 7 nitrogen and oxygen atoms in total. The van der Waals surface area contributed by atoms with Crippen molar-refractivity contribution in [2.24, 2.45) is 0 Å². The van der Waals surface area contributed by atoms with Gasteiger partial charge in [-0.05, 0) is 80.0 Å². The number of ether oxygens (including phenoxy) is 3. The highest BCUT2D eigenvalue weighted by Gasteiger charge is 2.24. The molecule has 41 heavy (non-hydrogen) atoms. The number of hydrogen-bond acceptors (Lipinski definition) is 8. The van der Waals surface area contributed by atoms with Gasteiger partial charge in [0.05, 0.1) is 12.7 Å². The van der Waals surface area contributed by atoms with E-state index < -0.39 is 17.8 Å². The summed E-state index contributed by atoms with van der Waals surface area (Å²) in [6, 6.07) is 16.1. The molecule has 0 atom stereocenters. The van der Waals surface area contributed by atoms with Crippen molar-refractivity contribution in [1.29, 1.82) is 0 Å². The van der Waals surface area contributed by atoms with Crippen LogP contribution in [0.1, 0.15) is 52.5 Å². The van der Waals surface area contributed by atoms with Gasteiger partial charge in [-0.1, -0.05) is 18.6 Å². The van der Waals surface area contributed by atoms with Crippen LogP contribution in [0.25, 0.3) is 20.5 Å². The van der Waals surface area contributed by atoms with Crippen LogP contribution in [0.15, 0.2) is 60.7 Å². The number of nitrogens with zero attached hydrogens (tertiary/aromatic N) is 1. The minimum Gasteiger partial charge on any atom is -0.492 e. The number of esters is 2. The van der Waals surface area contributed by atoms with E-state index in [9.17, 15) is 18.8 Å². The average Bonchev–Trinajstić information content (AvgIpc) is 3.37. The molecular formula is C32H30FNO6S. The topological polar surface area (TPSA) is 82.1 Å². The average molecular weight is 576 g/mol. The van der Waals surface area contributed by atoms with Crippen molar-refractivity contribution in [1.82, 2.24) is 4.90 Å². The molecule has 0 spiro atoms. The van der Waals surface area contributed by atoms with Gasteiger partial charge in [0.1, 0.15) is 12.4 Å². The Hall–Kier alpha value is -4.08. The highest BCUT2D eigenvalue weighted by Crippen LogP contribution is 2.42. The number of piperidine rings is 1.